The third kappa shape index (κ3) is 8.20. The van der Waals surface area contributed by atoms with Gasteiger partial charge in [-0.25, -0.2) is 0 Å². The maximum Gasteiger partial charge on any atom is 0.217 e. The third-order valence-corrected chi connectivity index (χ3v) is 5.59. The van der Waals surface area contributed by atoms with Crippen LogP contribution in [-0.4, -0.2) is 34.1 Å². The number of hydrogen-bond acceptors (Lipinski definition) is 6. The van der Waals surface area contributed by atoms with Gasteiger partial charge in [0.2, 0.25) is 11.8 Å². The van der Waals surface area contributed by atoms with E-state index in [2.05, 4.69) is 10.6 Å². The Morgan fingerprint density at radius 3 is 1.50 bits per heavy atom. The fraction of sp³-hybridized carbons (Fsp3) is 0.417. The molecule has 8 nitrogen and oxygen atoms in total. The van der Waals surface area contributed by atoms with Crippen LogP contribution in [0.15, 0.2) is 36.4 Å². The molecule has 0 aliphatic heterocycles. The molecule has 0 saturated heterocycles. The van der Waals surface area contributed by atoms with E-state index in [1.807, 2.05) is 26.0 Å². The summed E-state index contributed by atoms with van der Waals surface area (Å²) in [6.07, 6.45) is 1.62. The molecule has 0 aliphatic rings. The quantitative estimate of drug-likeness (QED) is 0.277. The van der Waals surface area contributed by atoms with Crippen LogP contribution in [0.5, 0.6) is 11.5 Å². The Morgan fingerprint density at radius 2 is 1.16 bits per heavy atom. The lowest BCUT2D eigenvalue weighted by Gasteiger charge is -2.23. The summed E-state index contributed by atoms with van der Waals surface area (Å²) in [5.74, 6) is -0.303. The van der Waals surface area contributed by atoms with Gasteiger partial charge in [0.1, 0.15) is 11.5 Å². The molecular weight excluding hydrogens is 408 g/mol. The molecule has 0 radical (unpaired) electrons. The molecule has 8 N–H and O–H groups in total. The molecule has 0 saturated carbocycles. The monoisotopic (exact) mass is 442 g/mol. The SMILES string of the molecule is CC(NCc1cc(CCC(N)=O)ccc1O)C(C)NCc1cc(CCC(N)=O)ccc1O. The second kappa shape index (κ2) is 12.1. The zero-order valence-corrected chi connectivity index (χ0v) is 18.7. The second-order valence-electron chi connectivity index (χ2n) is 8.20. The molecule has 2 atom stereocenters. The van der Waals surface area contributed by atoms with Crippen LogP contribution in [-0.2, 0) is 35.5 Å². The van der Waals surface area contributed by atoms with Crippen LogP contribution in [0.2, 0.25) is 0 Å². The number of benzene rings is 2. The van der Waals surface area contributed by atoms with Crippen LogP contribution in [0.4, 0.5) is 0 Å². The van der Waals surface area contributed by atoms with Crippen molar-refractivity contribution in [2.75, 3.05) is 0 Å². The van der Waals surface area contributed by atoms with Crippen molar-refractivity contribution in [1.82, 2.24) is 10.6 Å². The number of phenolic OH excluding ortho intramolecular Hbond substituents is 2. The van der Waals surface area contributed by atoms with Crippen molar-refractivity contribution in [2.45, 2.75) is 64.7 Å². The van der Waals surface area contributed by atoms with Crippen LogP contribution in [0, 0.1) is 0 Å². The molecule has 0 aliphatic carbocycles. The van der Waals surface area contributed by atoms with Gasteiger partial charge in [0, 0.05) is 49.1 Å². The summed E-state index contributed by atoms with van der Waals surface area (Å²) in [5.41, 5.74) is 13.8. The number of nitrogens with two attached hydrogens (primary N) is 2. The van der Waals surface area contributed by atoms with Gasteiger partial charge < -0.3 is 32.3 Å². The predicted octanol–water partition coefficient (Wildman–Crippen LogP) is 1.59. The van der Waals surface area contributed by atoms with Gasteiger partial charge in [0.05, 0.1) is 0 Å². The molecule has 2 unspecified atom stereocenters. The van der Waals surface area contributed by atoms with Gasteiger partial charge >= 0.3 is 0 Å². The maximum atomic E-state index is 11.0. The standard InChI is InChI=1S/C24H34N4O4/c1-15(27-13-19-11-17(3-7-21(19)29)5-9-23(25)31)16(2)28-14-20-12-18(4-8-22(20)30)6-10-24(26)32/h3-4,7-8,11-12,15-16,27-30H,5-6,9-10,13-14H2,1-2H3,(H2,25,31)(H2,26,32). The number of carbonyl (C=O) groups is 2. The molecule has 174 valence electrons. The zero-order valence-electron chi connectivity index (χ0n) is 18.7. The molecule has 0 bridgehead atoms. The van der Waals surface area contributed by atoms with Crippen molar-refractivity contribution in [1.29, 1.82) is 0 Å². The summed E-state index contributed by atoms with van der Waals surface area (Å²) in [6, 6.07) is 10.8. The minimum atomic E-state index is -0.351. The maximum absolute atomic E-state index is 11.0. The van der Waals surface area contributed by atoms with Crippen molar-refractivity contribution >= 4 is 11.8 Å². The first-order valence-corrected chi connectivity index (χ1v) is 10.8. The van der Waals surface area contributed by atoms with E-state index in [0.717, 1.165) is 22.3 Å². The van der Waals surface area contributed by atoms with Crippen LogP contribution in [0.25, 0.3) is 0 Å². The lowest BCUT2D eigenvalue weighted by Crippen LogP contribution is -2.43. The molecule has 2 aromatic carbocycles. The van der Waals surface area contributed by atoms with Crippen LogP contribution in [0.1, 0.15) is 48.9 Å². The Hall–Kier alpha value is -3.10. The van der Waals surface area contributed by atoms with E-state index in [1.54, 1.807) is 24.3 Å². The average molecular weight is 443 g/mol. The highest BCUT2D eigenvalue weighted by Crippen LogP contribution is 2.21. The molecule has 2 aromatic rings. The molecule has 32 heavy (non-hydrogen) atoms. The Bertz CT molecular complexity index is 857. The molecule has 0 heterocycles. The average Bonchev–Trinajstić information content (AvgIpc) is 2.75. The van der Waals surface area contributed by atoms with Gasteiger partial charge in [-0.15, -0.1) is 0 Å². The molecule has 0 aromatic heterocycles. The topological polar surface area (TPSA) is 151 Å². The Kier molecular flexibility index (Phi) is 9.49. The van der Waals surface area contributed by atoms with Crippen molar-refractivity contribution < 1.29 is 19.8 Å². The number of amides is 2. The Balaban J connectivity index is 1.89. The van der Waals surface area contributed by atoms with E-state index < -0.39 is 0 Å². The number of aryl methyl sites for hydroxylation is 2. The first-order valence-electron chi connectivity index (χ1n) is 10.8. The second-order valence-corrected chi connectivity index (χ2v) is 8.20. The van der Waals surface area contributed by atoms with E-state index in [9.17, 15) is 19.8 Å². The van der Waals surface area contributed by atoms with E-state index in [0.29, 0.717) is 25.9 Å². The number of primary amides is 2. The van der Waals surface area contributed by atoms with Crippen molar-refractivity contribution in [3.63, 3.8) is 0 Å². The minimum absolute atomic E-state index is 0.0730. The van der Waals surface area contributed by atoms with E-state index in [-0.39, 0.29) is 48.2 Å². The smallest absolute Gasteiger partial charge is 0.217 e. The first-order chi connectivity index (χ1) is 15.2. The van der Waals surface area contributed by atoms with Crippen molar-refractivity contribution in [2.24, 2.45) is 11.5 Å². The highest BCUT2D eigenvalue weighted by Gasteiger charge is 2.14. The van der Waals surface area contributed by atoms with E-state index in [1.165, 1.54) is 0 Å². The molecule has 0 fully saturated rings. The van der Waals surface area contributed by atoms with Crippen LogP contribution in [0.3, 0.4) is 0 Å². The van der Waals surface area contributed by atoms with Gasteiger partial charge in [0.25, 0.3) is 0 Å². The van der Waals surface area contributed by atoms with Gasteiger partial charge in [0.15, 0.2) is 0 Å². The van der Waals surface area contributed by atoms with E-state index >= 15 is 0 Å². The first kappa shape index (κ1) is 25.2. The summed E-state index contributed by atoms with van der Waals surface area (Å²) in [6.45, 7) is 5.01. The lowest BCUT2D eigenvalue weighted by molar-refractivity contribution is -0.118. The van der Waals surface area contributed by atoms with Crippen LogP contribution < -0.4 is 22.1 Å². The number of hydrogen-bond donors (Lipinski definition) is 6. The summed E-state index contributed by atoms with van der Waals surface area (Å²) in [4.78, 5) is 22.0. The van der Waals surface area contributed by atoms with E-state index in [4.69, 9.17) is 11.5 Å². The fourth-order valence-electron chi connectivity index (χ4n) is 3.30. The van der Waals surface area contributed by atoms with Crippen molar-refractivity contribution in [3.05, 3.63) is 58.7 Å². The van der Waals surface area contributed by atoms with Gasteiger partial charge in [-0.2, -0.15) is 0 Å². The van der Waals surface area contributed by atoms with Crippen LogP contribution >= 0.6 is 0 Å². The Morgan fingerprint density at radius 1 is 0.781 bits per heavy atom. The summed E-state index contributed by atoms with van der Waals surface area (Å²) < 4.78 is 0. The molecule has 0 spiro atoms. The van der Waals surface area contributed by atoms with Crippen molar-refractivity contribution in [3.8, 4) is 11.5 Å². The fourth-order valence-corrected chi connectivity index (χ4v) is 3.30. The minimum Gasteiger partial charge on any atom is -0.508 e. The zero-order chi connectivity index (χ0) is 23.7. The molecule has 2 rings (SSSR count). The Labute approximate surface area is 189 Å². The summed E-state index contributed by atoms with van der Waals surface area (Å²) >= 11 is 0. The number of rotatable bonds is 13. The van der Waals surface area contributed by atoms with Gasteiger partial charge in [-0.05, 0) is 49.9 Å². The molecule has 8 heteroatoms. The largest absolute Gasteiger partial charge is 0.508 e. The molecular formula is C24H34N4O4. The summed E-state index contributed by atoms with van der Waals surface area (Å²) in [7, 11) is 0. The summed E-state index contributed by atoms with van der Waals surface area (Å²) in [5, 5.41) is 27.1. The lowest BCUT2D eigenvalue weighted by atomic mass is 10.0. The number of carbonyl (C=O) groups excluding carboxylic acids is 2. The highest BCUT2D eigenvalue weighted by molar-refractivity contribution is 5.74. The normalized spacial score (nSPS) is 12.9. The number of aromatic hydroxyl groups is 2. The third-order valence-electron chi connectivity index (χ3n) is 5.59. The predicted molar refractivity (Wildman–Crippen MR) is 124 cm³/mol. The number of phenols is 2. The van der Waals surface area contributed by atoms with Gasteiger partial charge in [-0.1, -0.05) is 24.3 Å². The highest BCUT2D eigenvalue weighted by atomic mass is 16.3. The van der Waals surface area contributed by atoms with Gasteiger partial charge in [-0.3, -0.25) is 9.59 Å². The molecule has 2 amide bonds. The number of nitrogens with one attached hydrogen (secondary N) is 2.